The molecular formula is C10H14NO4-. The maximum Gasteiger partial charge on any atom is 0.130 e. The zero-order chi connectivity index (χ0) is 11.6. The Balaban J connectivity index is 2.82. The minimum atomic E-state index is -1.23. The SMILES string of the molecule is C=C(C)[C@H]1C[NH2+][C@H](C(=O)[O-])[C@H]1CC(=O)[O-]. The first-order valence-corrected chi connectivity index (χ1v) is 4.83. The highest BCUT2D eigenvalue weighted by atomic mass is 16.4. The van der Waals surface area contributed by atoms with E-state index in [0.717, 1.165) is 5.57 Å². The quantitative estimate of drug-likeness (QED) is 0.492. The van der Waals surface area contributed by atoms with Crippen molar-refractivity contribution in [1.82, 2.24) is 0 Å². The topological polar surface area (TPSA) is 96.9 Å². The first-order chi connectivity index (χ1) is 6.93. The second-order valence-corrected chi connectivity index (χ2v) is 4.01. The van der Waals surface area contributed by atoms with Gasteiger partial charge in [-0.15, -0.1) is 0 Å². The normalized spacial score (nSPS) is 30.1. The van der Waals surface area contributed by atoms with Crippen molar-refractivity contribution in [3.8, 4) is 0 Å². The molecule has 5 heteroatoms. The van der Waals surface area contributed by atoms with Crippen LogP contribution in [0.1, 0.15) is 13.3 Å². The summed E-state index contributed by atoms with van der Waals surface area (Å²) in [6.07, 6.45) is -0.257. The molecule has 0 amide bonds. The predicted octanol–water partition coefficient (Wildman–Crippen LogP) is -3.37. The van der Waals surface area contributed by atoms with Crippen molar-refractivity contribution in [2.24, 2.45) is 11.8 Å². The van der Waals surface area contributed by atoms with E-state index in [1.165, 1.54) is 0 Å². The molecule has 15 heavy (non-hydrogen) atoms. The zero-order valence-corrected chi connectivity index (χ0v) is 8.56. The molecule has 0 bridgehead atoms. The first-order valence-electron chi connectivity index (χ1n) is 4.83. The fourth-order valence-electron chi connectivity index (χ4n) is 2.19. The minimum Gasteiger partial charge on any atom is -0.550 e. The molecular weight excluding hydrogens is 198 g/mol. The molecule has 2 N–H and O–H groups in total. The highest BCUT2D eigenvalue weighted by Gasteiger charge is 2.40. The lowest BCUT2D eigenvalue weighted by atomic mass is 9.84. The molecule has 5 nitrogen and oxygen atoms in total. The van der Waals surface area contributed by atoms with Crippen LogP contribution in [0.4, 0.5) is 0 Å². The van der Waals surface area contributed by atoms with Crippen molar-refractivity contribution in [1.29, 1.82) is 0 Å². The van der Waals surface area contributed by atoms with Crippen LogP contribution in [-0.2, 0) is 9.59 Å². The van der Waals surface area contributed by atoms with Crippen molar-refractivity contribution in [3.05, 3.63) is 12.2 Å². The molecule has 1 heterocycles. The van der Waals surface area contributed by atoms with Gasteiger partial charge in [-0.3, -0.25) is 0 Å². The third kappa shape index (κ3) is 2.56. The Morgan fingerprint density at radius 1 is 1.47 bits per heavy atom. The van der Waals surface area contributed by atoms with Crippen LogP contribution in [0, 0.1) is 11.8 Å². The van der Waals surface area contributed by atoms with Gasteiger partial charge in [0.05, 0.1) is 12.5 Å². The highest BCUT2D eigenvalue weighted by Crippen LogP contribution is 2.26. The molecule has 0 spiro atoms. The standard InChI is InChI=1S/C10H15NO4/c1-5(2)7-4-11-9(10(14)15)6(7)3-8(12)13/h6-7,9,11H,1,3-4H2,2H3,(H,12,13)(H,14,15)/p-1/t6-,7+,9-/m0/s1. The lowest BCUT2D eigenvalue weighted by molar-refractivity contribution is -0.668. The molecule has 0 saturated carbocycles. The molecule has 1 aliphatic heterocycles. The van der Waals surface area contributed by atoms with E-state index in [0.29, 0.717) is 6.54 Å². The van der Waals surface area contributed by atoms with Crippen LogP contribution in [0.15, 0.2) is 12.2 Å². The summed E-state index contributed by atoms with van der Waals surface area (Å²) in [7, 11) is 0. The smallest absolute Gasteiger partial charge is 0.130 e. The number of hydrogen-bond donors (Lipinski definition) is 1. The van der Waals surface area contributed by atoms with E-state index in [9.17, 15) is 19.8 Å². The fourth-order valence-corrected chi connectivity index (χ4v) is 2.19. The van der Waals surface area contributed by atoms with Crippen molar-refractivity contribution < 1.29 is 25.1 Å². The van der Waals surface area contributed by atoms with Gasteiger partial charge in [-0.2, -0.15) is 0 Å². The summed E-state index contributed by atoms with van der Waals surface area (Å²) in [4.78, 5) is 21.3. The molecule has 1 saturated heterocycles. The van der Waals surface area contributed by atoms with E-state index in [1.807, 2.05) is 0 Å². The van der Waals surface area contributed by atoms with Crippen LogP contribution >= 0.6 is 0 Å². The number of aliphatic carboxylic acids is 2. The van der Waals surface area contributed by atoms with E-state index >= 15 is 0 Å². The second-order valence-electron chi connectivity index (χ2n) is 4.01. The molecule has 1 rings (SSSR count). The van der Waals surface area contributed by atoms with E-state index in [-0.39, 0.29) is 12.3 Å². The Hall–Kier alpha value is -1.36. The van der Waals surface area contributed by atoms with Crippen LogP contribution in [0.5, 0.6) is 0 Å². The fraction of sp³-hybridized carbons (Fsp3) is 0.600. The van der Waals surface area contributed by atoms with E-state index in [4.69, 9.17) is 0 Å². The Morgan fingerprint density at radius 3 is 2.47 bits per heavy atom. The number of carbonyl (C=O) groups is 2. The van der Waals surface area contributed by atoms with E-state index in [2.05, 4.69) is 6.58 Å². The van der Waals surface area contributed by atoms with Crippen molar-refractivity contribution in [2.75, 3.05) is 6.54 Å². The summed E-state index contributed by atoms with van der Waals surface area (Å²) in [5.41, 5.74) is 0.807. The molecule has 84 valence electrons. The highest BCUT2D eigenvalue weighted by molar-refractivity contribution is 5.72. The van der Waals surface area contributed by atoms with Crippen molar-refractivity contribution in [3.63, 3.8) is 0 Å². The number of nitrogens with two attached hydrogens (primary N) is 1. The van der Waals surface area contributed by atoms with Crippen LogP contribution in [0.2, 0.25) is 0 Å². The van der Waals surface area contributed by atoms with Gasteiger partial charge in [-0.05, 0) is 13.3 Å². The average molecular weight is 212 g/mol. The maximum atomic E-state index is 10.8. The van der Waals surface area contributed by atoms with Gasteiger partial charge in [-0.1, -0.05) is 12.2 Å². The number of rotatable bonds is 4. The summed E-state index contributed by atoms with van der Waals surface area (Å²) >= 11 is 0. The number of carboxylic acid groups (broad SMARTS) is 2. The van der Waals surface area contributed by atoms with Crippen LogP contribution in [0.25, 0.3) is 0 Å². The number of carbonyl (C=O) groups excluding carboxylic acids is 2. The van der Waals surface area contributed by atoms with Gasteiger partial charge in [0.1, 0.15) is 6.04 Å². The summed E-state index contributed by atoms with van der Waals surface area (Å²) in [6.45, 7) is 6.07. The largest absolute Gasteiger partial charge is 0.550 e. The van der Waals surface area contributed by atoms with Gasteiger partial charge < -0.3 is 25.1 Å². The van der Waals surface area contributed by atoms with Crippen LogP contribution in [0.3, 0.4) is 0 Å². The molecule has 1 fully saturated rings. The number of hydrogen-bond acceptors (Lipinski definition) is 4. The third-order valence-corrected chi connectivity index (χ3v) is 2.93. The summed E-state index contributed by atoms with van der Waals surface area (Å²) < 4.78 is 0. The minimum absolute atomic E-state index is 0.0919. The molecule has 0 aliphatic carbocycles. The van der Waals surface area contributed by atoms with Gasteiger partial charge in [-0.25, -0.2) is 0 Å². The molecule has 3 atom stereocenters. The van der Waals surface area contributed by atoms with Crippen LogP contribution < -0.4 is 15.5 Å². The molecule has 0 radical (unpaired) electrons. The molecule has 0 aromatic carbocycles. The molecule has 0 unspecified atom stereocenters. The van der Waals surface area contributed by atoms with Gasteiger partial charge in [0, 0.05) is 17.8 Å². The van der Waals surface area contributed by atoms with Crippen LogP contribution in [-0.4, -0.2) is 24.5 Å². The number of carboxylic acids is 2. The molecule has 1 aliphatic rings. The summed E-state index contributed by atoms with van der Waals surface area (Å²) in [6, 6.07) is -0.801. The van der Waals surface area contributed by atoms with Gasteiger partial charge in [0.2, 0.25) is 0 Å². The Labute approximate surface area is 87.8 Å². The predicted molar refractivity (Wildman–Crippen MR) is 47.0 cm³/mol. The average Bonchev–Trinajstić information content (AvgIpc) is 2.46. The summed E-state index contributed by atoms with van der Waals surface area (Å²) in [5, 5.41) is 22.9. The monoisotopic (exact) mass is 212 g/mol. The number of quaternary nitrogens is 1. The summed E-state index contributed by atoms with van der Waals surface area (Å²) in [5.74, 6) is -3.01. The first kappa shape index (κ1) is 11.7. The van der Waals surface area contributed by atoms with Gasteiger partial charge in [0.15, 0.2) is 0 Å². The van der Waals surface area contributed by atoms with Gasteiger partial charge >= 0.3 is 0 Å². The van der Waals surface area contributed by atoms with E-state index < -0.39 is 23.9 Å². The second kappa shape index (κ2) is 4.44. The lowest BCUT2D eigenvalue weighted by Gasteiger charge is -2.21. The van der Waals surface area contributed by atoms with Crippen molar-refractivity contribution in [2.45, 2.75) is 19.4 Å². The molecule has 0 aromatic rings. The maximum absolute atomic E-state index is 10.8. The van der Waals surface area contributed by atoms with Gasteiger partial charge in [0.25, 0.3) is 0 Å². The Morgan fingerprint density at radius 2 is 2.07 bits per heavy atom. The zero-order valence-electron chi connectivity index (χ0n) is 8.56. The Bertz CT molecular complexity index is 278. The van der Waals surface area contributed by atoms with E-state index in [1.54, 1.807) is 12.2 Å². The third-order valence-electron chi connectivity index (χ3n) is 2.93. The Kier molecular flexibility index (Phi) is 3.47. The van der Waals surface area contributed by atoms with Crippen molar-refractivity contribution >= 4 is 11.9 Å². The lowest BCUT2D eigenvalue weighted by Crippen LogP contribution is -2.90. The molecule has 0 aromatic heterocycles.